The lowest BCUT2D eigenvalue weighted by Crippen LogP contribution is -2.23. The molecule has 2 aromatic heterocycles. The molecule has 0 saturated carbocycles. The summed E-state index contributed by atoms with van der Waals surface area (Å²) in [5, 5.41) is 13.2. The molecular weight excluding hydrogens is 290 g/mol. The predicted molar refractivity (Wildman–Crippen MR) is 78.9 cm³/mol. The lowest BCUT2D eigenvalue weighted by atomic mass is 10.2. The molecule has 2 N–H and O–H groups in total. The third-order valence-electron chi connectivity index (χ3n) is 2.61. The molecule has 21 heavy (non-hydrogen) atoms. The summed E-state index contributed by atoms with van der Waals surface area (Å²) in [6.07, 6.45) is 5.52. The summed E-state index contributed by atoms with van der Waals surface area (Å²) in [6, 6.07) is 1.80. The Labute approximate surface area is 125 Å². The Morgan fingerprint density at radius 3 is 2.86 bits per heavy atom. The Morgan fingerprint density at radius 1 is 1.38 bits per heavy atom. The van der Waals surface area contributed by atoms with E-state index in [-0.39, 0.29) is 11.6 Å². The summed E-state index contributed by atoms with van der Waals surface area (Å²) >= 11 is 1.45. The number of hydrogen-bond donors (Lipinski definition) is 2. The molecule has 108 valence electrons. The highest BCUT2D eigenvalue weighted by Crippen LogP contribution is 2.18. The molecule has 0 saturated heterocycles. The SMILES string of the molecule is Cc1cnc(C(=O)NCc2sccc2/C=C/C(=O)O)cn1. The van der Waals surface area contributed by atoms with Gasteiger partial charge in [-0.1, -0.05) is 0 Å². The number of hydrogen-bond acceptors (Lipinski definition) is 5. The normalized spacial score (nSPS) is 10.7. The molecule has 0 unspecified atom stereocenters. The van der Waals surface area contributed by atoms with Crippen LogP contribution in [0.5, 0.6) is 0 Å². The van der Waals surface area contributed by atoms with Crippen molar-refractivity contribution >= 4 is 29.3 Å². The number of aromatic nitrogens is 2. The number of aliphatic carboxylic acids is 1. The smallest absolute Gasteiger partial charge is 0.328 e. The van der Waals surface area contributed by atoms with Crippen LogP contribution >= 0.6 is 11.3 Å². The summed E-state index contributed by atoms with van der Waals surface area (Å²) in [4.78, 5) is 31.3. The van der Waals surface area contributed by atoms with Gasteiger partial charge in [-0.15, -0.1) is 11.3 Å². The van der Waals surface area contributed by atoms with Crippen molar-refractivity contribution in [3.8, 4) is 0 Å². The van der Waals surface area contributed by atoms with E-state index in [1.807, 2.05) is 5.38 Å². The van der Waals surface area contributed by atoms with Crippen LogP contribution in [-0.2, 0) is 11.3 Å². The largest absolute Gasteiger partial charge is 0.478 e. The molecule has 0 fully saturated rings. The van der Waals surface area contributed by atoms with E-state index < -0.39 is 5.97 Å². The van der Waals surface area contributed by atoms with E-state index >= 15 is 0 Å². The van der Waals surface area contributed by atoms with Crippen molar-refractivity contribution in [2.75, 3.05) is 0 Å². The number of carboxylic acids is 1. The maximum absolute atomic E-state index is 11.9. The van der Waals surface area contributed by atoms with Crippen molar-refractivity contribution in [2.24, 2.45) is 0 Å². The van der Waals surface area contributed by atoms with E-state index in [0.29, 0.717) is 6.54 Å². The first-order valence-electron chi connectivity index (χ1n) is 6.10. The number of carboxylic acid groups (broad SMARTS) is 1. The minimum absolute atomic E-state index is 0.250. The van der Waals surface area contributed by atoms with Gasteiger partial charge in [0.15, 0.2) is 0 Å². The van der Waals surface area contributed by atoms with E-state index in [2.05, 4.69) is 15.3 Å². The molecule has 1 amide bonds. The maximum atomic E-state index is 11.9. The van der Waals surface area contributed by atoms with Crippen molar-refractivity contribution in [3.05, 3.63) is 51.7 Å². The average molecular weight is 303 g/mol. The van der Waals surface area contributed by atoms with E-state index in [1.54, 1.807) is 13.0 Å². The van der Waals surface area contributed by atoms with Crippen LogP contribution in [0.2, 0.25) is 0 Å². The minimum Gasteiger partial charge on any atom is -0.478 e. The van der Waals surface area contributed by atoms with Crippen LogP contribution in [0.15, 0.2) is 29.9 Å². The van der Waals surface area contributed by atoms with Gasteiger partial charge in [0.05, 0.1) is 18.4 Å². The molecule has 7 heteroatoms. The Hall–Kier alpha value is -2.54. The first-order valence-corrected chi connectivity index (χ1v) is 6.98. The lowest BCUT2D eigenvalue weighted by molar-refractivity contribution is -0.131. The quantitative estimate of drug-likeness (QED) is 0.823. The van der Waals surface area contributed by atoms with Gasteiger partial charge in [0.25, 0.3) is 5.91 Å². The molecule has 0 aromatic carbocycles. The van der Waals surface area contributed by atoms with Gasteiger partial charge in [-0.3, -0.25) is 9.78 Å². The molecule has 2 aromatic rings. The monoisotopic (exact) mass is 303 g/mol. The fraction of sp³-hybridized carbons (Fsp3) is 0.143. The van der Waals surface area contributed by atoms with Gasteiger partial charge in [0.2, 0.25) is 0 Å². The number of carbonyl (C=O) groups is 2. The number of thiophene rings is 1. The summed E-state index contributed by atoms with van der Waals surface area (Å²) < 4.78 is 0. The van der Waals surface area contributed by atoms with Crippen LogP contribution in [0, 0.1) is 6.92 Å². The molecule has 0 spiro atoms. The Balaban J connectivity index is 2.00. The number of amides is 1. The third-order valence-corrected chi connectivity index (χ3v) is 3.55. The number of carbonyl (C=O) groups excluding carboxylic acids is 1. The first-order chi connectivity index (χ1) is 10.1. The predicted octanol–water partition coefficient (Wildman–Crippen LogP) is 1.87. The van der Waals surface area contributed by atoms with Gasteiger partial charge in [-0.2, -0.15) is 0 Å². The van der Waals surface area contributed by atoms with Crippen molar-refractivity contribution in [3.63, 3.8) is 0 Å². The lowest BCUT2D eigenvalue weighted by Gasteiger charge is -2.04. The highest BCUT2D eigenvalue weighted by molar-refractivity contribution is 7.10. The van der Waals surface area contributed by atoms with E-state index in [9.17, 15) is 9.59 Å². The first kappa shape index (κ1) is 14.9. The van der Waals surface area contributed by atoms with Crippen LogP contribution in [-0.4, -0.2) is 27.0 Å². The number of nitrogens with zero attached hydrogens (tertiary/aromatic N) is 2. The molecule has 0 atom stereocenters. The molecule has 0 radical (unpaired) electrons. The average Bonchev–Trinajstić information content (AvgIpc) is 2.90. The second kappa shape index (κ2) is 6.76. The Morgan fingerprint density at radius 2 is 2.19 bits per heavy atom. The summed E-state index contributed by atoms with van der Waals surface area (Å²) in [7, 11) is 0. The van der Waals surface area contributed by atoms with Crippen molar-refractivity contribution < 1.29 is 14.7 Å². The van der Waals surface area contributed by atoms with Crippen molar-refractivity contribution in [1.29, 1.82) is 0 Å². The van der Waals surface area contributed by atoms with Gasteiger partial charge in [0, 0.05) is 17.2 Å². The van der Waals surface area contributed by atoms with Crippen molar-refractivity contribution in [1.82, 2.24) is 15.3 Å². The van der Waals surface area contributed by atoms with Gasteiger partial charge >= 0.3 is 5.97 Å². The fourth-order valence-electron chi connectivity index (χ4n) is 1.56. The van der Waals surface area contributed by atoms with Gasteiger partial charge in [0.1, 0.15) is 5.69 Å². The number of nitrogens with one attached hydrogen (secondary N) is 1. The molecule has 2 heterocycles. The topological polar surface area (TPSA) is 92.2 Å². The van der Waals surface area contributed by atoms with E-state index in [4.69, 9.17) is 5.11 Å². The minimum atomic E-state index is -1.01. The maximum Gasteiger partial charge on any atom is 0.328 e. The van der Waals surface area contributed by atoms with Gasteiger partial charge in [-0.25, -0.2) is 9.78 Å². The second-order valence-electron chi connectivity index (χ2n) is 4.20. The summed E-state index contributed by atoms with van der Waals surface area (Å²) in [6.45, 7) is 2.10. The zero-order chi connectivity index (χ0) is 15.2. The van der Waals surface area contributed by atoms with Crippen LogP contribution in [0.25, 0.3) is 6.08 Å². The third kappa shape index (κ3) is 4.22. The number of rotatable bonds is 5. The summed E-state index contributed by atoms with van der Waals surface area (Å²) in [5.74, 6) is -1.32. The molecular formula is C14H13N3O3S. The van der Waals surface area contributed by atoms with Gasteiger partial charge in [-0.05, 0) is 30.0 Å². The number of aryl methyl sites for hydroxylation is 1. The molecule has 0 bridgehead atoms. The molecule has 6 nitrogen and oxygen atoms in total. The van der Waals surface area contributed by atoms with E-state index in [0.717, 1.165) is 22.2 Å². The molecule has 0 aliphatic carbocycles. The van der Waals surface area contributed by atoms with Crippen molar-refractivity contribution in [2.45, 2.75) is 13.5 Å². The highest BCUT2D eigenvalue weighted by Gasteiger charge is 2.09. The second-order valence-corrected chi connectivity index (χ2v) is 5.20. The van der Waals surface area contributed by atoms with E-state index in [1.165, 1.54) is 29.8 Å². The fourth-order valence-corrected chi connectivity index (χ4v) is 2.37. The zero-order valence-corrected chi connectivity index (χ0v) is 12.1. The van der Waals surface area contributed by atoms with Gasteiger partial charge < -0.3 is 10.4 Å². The summed E-state index contributed by atoms with van der Waals surface area (Å²) in [5.41, 5.74) is 1.77. The Bertz CT molecular complexity index is 677. The highest BCUT2D eigenvalue weighted by atomic mass is 32.1. The Kier molecular flexibility index (Phi) is 4.78. The standard InChI is InChI=1S/C14H13N3O3S/c1-9-6-16-11(7-15-9)14(20)17-8-12-10(4-5-21-12)2-3-13(18)19/h2-7H,8H2,1H3,(H,17,20)(H,18,19)/b3-2+. The molecule has 2 rings (SSSR count). The van der Waals surface area contributed by atoms with Crippen LogP contribution in [0.1, 0.15) is 26.6 Å². The van der Waals surface area contributed by atoms with Crippen LogP contribution < -0.4 is 5.32 Å². The van der Waals surface area contributed by atoms with Crippen LogP contribution in [0.3, 0.4) is 0 Å². The molecule has 0 aliphatic heterocycles. The zero-order valence-electron chi connectivity index (χ0n) is 11.2. The van der Waals surface area contributed by atoms with Crippen LogP contribution in [0.4, 0.5) is 0 Å². The molecule has 0 aliphatic rings.